The van der Waals surface area contributed by atoms with Crippen LogP contribution >= 0.6 is 23.4 Å². The normalized spacial score (nSPS) is 14.7. The smallest absolute Gasteiger partial charge is 0.316 e. The quantitative estimate of drug-likeness (QED) is 0.915. The molecule has 0 saturated heterocycles. The largest absolute Gasteiger partial charge is 0.480 e. The molecule has 2 rings (SSSR count). The van der Waals surface area contributed by atoms with Crippen molar-refractivity contribution in [3.05, 3.63) is 22.7 Å². The number of carbonyl (C=O) groups is 1. The van der Waals surface area contributed by atoms with Crippen molar-refractivity contribution in [2.45, 2.75) is 17.9 Å². The van der Waals surface area contributed by atoms with Crippen molar-refractivity contribution in [2.75, 3.05) is 6.79 Å². The van der Waals surface area contributed by atoms with Crippen molar-refractivity contribution >= 4 is 29.3 Å². The maximum atomic E-state index is 10.7. The van der Waals surface area contributed by atoms with E-state index in [1.165, 1.54) is 11.8 Å². The molecule has 1 aromatic carbocycles. The molecular formula is C11H11ClO4S. The lowest BCUT2D eigenvalue weighted by molar-refractivity contribution is -0.136. The molecule has 0 radical (unpaired) electrons. The third-order valence-electron chi connectivity index (χ3n) is 2.33. The average molecular weight is 275 g/mol. The number of benzene rings is 1. The molecule has 0 amide bonds. The van der Waals surface area contributed by atoms with Gasteiger partial charge in [-0.3, -0.25) is 4.79 Å². The maximum absolute atomic E-state index is 10.7. The molecule has 1 N–H and O–H groups in total. The third-order valence-corrected chi connectivity index (χ3v) is 3.82. The first-order valence-electron chi connectivity index (χ1n) is 5.00. The summed E-state index contributed by atoms with van der Waals surface area (Å²) in [6.45, 7) is 1.83. The van der Waals surface area contributed by atoms with Crippen molar-refractivity contribution in [3.8, 4) is 11.5 Å². The van der Waals surface area contributed by atoms with Gasteiger partial charge in [-0.1, -0.05) is 11.6 Å². The predicted octanol–water partition coefficient (Wildman–Crippen LogP) is 2.78. The van der Waals surface area contributed by atoms with E-state index in [0.717, 1.165) is 5.56 Å². The second-order valence-corrected chi connectivity index (χ2v) is 5.34. The van der Waals surface area contributed by atoms with E-state index in [4.69, 9.17) is 26.2 Å². The summed E-state index contributed by atoms with van der Waals surface area (Å²) in [7, 11) is 0. The number of hydrogen-bond acceptors (Lipinski definition) is 4. The fourth-order valence-corrected chi connectivity index (χ4v) is 2.44. The van der Waals surface area contributed by atoms with Gasteiger partial charge in [-0.2, -0.15) is 0 Å². The molecule has 1 heterocycles. The number of ether oxygens (including phenoxy) is 2. The van der Waals surface area contributed by atoms with Crippen molar-refractivity contribution in [3.63, 3.8) is 0 Å². The summed E-state index contributed by atoms with van der Waals surface area (Å²) in [5.41, 5.74) is 0.928. The molecule has 0 saturated carbocycles. The molecular weight excluding hydrogens is 264 g/mol. The Morgan fingerprint density at radius 1 is 1.59 bits per heavy atom. The zero-order chi connectivity index (χ0) is 12.4. The lowest BCUT2D eigenvalue weighted by Gasteiger charge is -2.07. The van der Waals surface area contributed by atoms with Crippen LogP contribution in [0.15, 0.2) is 12.1 Å². The summed E-state index contributed by atoms with van der Waals surface area (Å²) in [4.78, 5) is 10.7. The van der Waals surface area contributed by atoms with Crippen LogP contribution in [0.25, 0.3) is 0 Å². The van der Waals surface area contributed by atoms with Crippen LogP contribution in [0.4, 0.5) is 0 Å². The van der Waals surface area contributed by atoms with E-state index in [-0.39, 0.29) is 6.79 Å². The standard InChI is InChI=1S/C11H11ClO4S/c1-6(11(13)14)17-4-7-2-8(12)10-9(3-7)15-5-16-10/h2-3,6H,4-5H2,1H3,(H,13,14)/t6-/m0/s1. The van der Waals surface area contributed by atoms with E-state index in [1.807, 2.05) is 6.07 Å². The lowest BCUT2D eigenvalue weighted by atomic mass is 10.2. The van der Waals surface area contributed by atoms with Gasteiger partial charge < -0.3 is 14.6 Å². The number of aliphatic carboxylic acids is 1. The molecule has 0 fully saturated rings. The first kappa shape index (κ1) is 12.4. The molecule has 0 aliphatic carbocycles. The van der Waals surface area contributed by atoms with Gasteiger partial charge in [0.2, 0.25) is 6.79 Å². The zero-order valence-corrected chi connectivity index (χ0v) is 10.7. The van der Waals surface area contributed by atoms with Crippen molar-refractivity contribution in [1.82, 2.24) is 0 Å². The fourth-order valence-electron chi connectivity index (χ4n) is 1.40. The Kier molecular flexibility index (Phi) is 3.69. The minimum Gasteiger partial charge on any atom is -0.480 e. The summed E-state index contributed by atoms with van der Waals surface area (Å²) in [6.07, 6.45) is 0. The van der Waals surface area contributed by atoms with E-state index in [9.17, 15) is 4.79 Å². The van der Waals surface area contributed by atoms with Crippen LogP contribution in [0.5, 0.6) is 11.5 Å². The molecule has 0 aromatic heterocycles. The number of carboxylic acid groups (broad SMARTS) is 1. The van der Waals surface area contributed by atoms with Crippen molar-refractivity contribution in [2.24, 2.45) is 0 Å². The monoisotopic (exact) mass is 274 g/mol. The van der Waals surface area contributed by atoms with Gasteiger partial charge in [-0.25, -0.2) is 0 Å². The van der Waals surface area contributed by atoms with Gasteiger partial charge in [0.1, 0.15) is 0 Å². The highest BCUT2D eigenvalue weighted by Gasteiger charge is 2.19. The van der Waals surface area contributed by atoms with Gasteiger partial charge in [-0.15, -0.1) is 11.8 Å². The van der Waals surface area contributed by atoms with Crippen LogP contribution < -0.4 is 9.47 Å². The van der Waals surface area contributed by atoms with E-state index in [2.05, 4.69) is 0 Å². The molecule has 1 aromatic rings. The van der Waals surface area contributed by atoms with E-state index >= 15 is 0 Å². The van der Waals surface area contributed by atoms with Crippen LogP contribution in [-0.4, -0.2) is 23.1 Å². The zero-order valence-electron chi connectivity index (χ0n) is 9.10. The minimum absolute atomic E-state index is 0.178. The highest BCUT2D eigenvalue weighted by molar-refractivity contribution is 7.99. The molecule has 1 aliphatic rings. The van der Waals surface area contributed by atoms with Gasteiger partial charge in [0.15, 0.2) is 11.5 Å². The topological polar surface area (TPSA) is 55.8 Å². The molecule has 1 atom stereocenters. The Labute approximate surface area is 108 Å². The van der Waals surface area contributed by atoms with Crippen LogP contribution in [0.1, 0.15) is 12.5 Å². The number of fused-ring (bicyclic) bond motifs is 1. The second kappa shape index (κ2) is 5.06. The molecule has 92 valence electrons. The first-order chi connectivity index (χ1) is 8.08. The minimum atomic E-state index is -0.818. The summed E-state index contributed by atoms with van der Waals surface area (Å²) >= 11 is 7.36. The Balaban J connectivity index is 2.07. The van der Waals surface area contributed by atoms with Gasteiger partial charge in [0.05, 0.1) is 10.3 Å². The van der Waals surface area contributed by atoms with E-state index in [1.54, 1.807) is 13.0 Å². The Morgan fingerprint density at radius 3 is 3.06 bits per heavy atom. The van der Waals surface area contributed by atoms with Crippen molar-refractivity contribution < 1.29 is 19.4 Å². The van der Waals surface area contributed by atoms with E-state index < -0.39 is 11.2 Å². The van der Waals surface area contributed by atoms with Crippen LogP contribution in [-0.2, 0) is 10.5 Å². The fraction of sp³-hybridized carbons (Fsp3) is 0.364. The summed E-state index contributed by atoms with van der Waals surface area (Å²) in [5.74, 6) is 0.939. The van der Waals surface area contributed by atoms with Gasteiger partial charge in [-0.05, 0) is 24.6 Å². The summed E-state index contributed by atoms with van der Waals surface area (Å²) in [5, 5.41) is 8.83. The number of carboxylic acids is 1. The third kappa shape index (κ3) is 2.79. The van der Waals surface area contributed by atoms with Gasteiger partial charge >= 0.3 is 5.97 Å². The Hall–Kier alpha value is -1.07. The molecule has 17 heavy (non-hydrogen) atoms. The Morgan fingerprint density at radius 2 is 2.35 bits per heavy atom. The van der Waals surface area contributed by atoms with Crippen molar-refractivity contribution in [1.29, 1.82) is 0 Å². The molecule has 0 spiro atoms. The molecule has 6 heteroatoms. The highest BCUT2D eigenvalue weighted by Crippen LogP contribution is 2.40. The molecule has 0 bridgehead atoms. The lowest BCUT2D eigenvalue weighted by Crippen LogP contribution is -2.11. The Bertz CT molecular complexity index is 449. The molecule has 1 aliphatic heterocycles. The average Bonchev–Trinajstić information content (AvgIpc) is 2.74. The van der Waals surface area contributed by atoms with Crippen LogP contribution in [0.3, 0.4) is 0 Å². The summed E-state index contributed by atoms with van der Waals surface area (Å²) < 4.78 is 10.4. The maximum Gasteiger partial charge on any atom is 0.316 e. The second-order valence-electron chi connectivity index (χ2n) is 3.60. The SMILES string of the molecule is C[C@H](SCc1cc(Cl)c2c(c1)OCO2)C(=O)O. The summed E-state index contributed by atoms with van der Waals surface area (Å²) in [6, 6.07) is 3.60. The van der Waals surface area contributed by atoms with E-state index in [0.29, 0.717) is 22.3 Å². The number of halogens is 1. The number of rotatable bonds is 4. The van der Waals surface area contributed by atoms with Gasteiger partial charge in [0.25, 0.3) is 0 Å². The van der Waals surface area contributed by atoms with Crippen LogP contribution in [0.2, 0.25) is 5.02 Å². The molecule has 4 nitrogen and oxygen atoms in total. The highest BCUT2D eigenvalue weighted by atomic mass is 35.5. The number of hydrogen-bond donors (Lipinski definition) is 1. The predicted molar refractivity (Wildman–Crippen MR) is 66.0 cm³/mol. The first-order valence-corrected chi connectivity index (χ1v) is 6.43. The van der Waals surface area contributed by atoms with Crippen LogP contribution in [0, 0.1) is 0 Å². The van der Waals surface area contributed by atoms with Gasteiger partial charge in [0, 0.05) is 5.75 Å². The number of thioether (sulfide) groups is 1. The molecule has 0 unspecified atom stereocenters.